The van der Waals surface area contributed by atoms with Crippen molar-refractivity contribution in [3.8, 4) is 17.3 Å². The molecule has 55 heavy (non-hydrogen) atoms. The van der Waals surface area contributed by atoms with Crippen LogP contribution >= 0.6 is 0 Å². The van der Waals surface area contributed by atoms with E-state index in [1.807, 2.05) is 24.4 Å². The third kappa shape index (κ3) is 5.43. The molecule has 10 rings (SSSR count). The Labute approximate surface area is 320 Å². The van der Waals surface area contributed by atoms with Crippen LogP contribution in [-0.2, 0) is 5.41 Å². The maximum atomic E-state index is 6.73. The minimum atomic E-state index is -0.0333. The molecule has 6 aromatic carbocycles. The topological polar surface area (TPSA) is 46.7 Å². The first-order valence-corrected chi connectivity index (χ1v) is 19.0. The summed E-state index contributed by atoms with van der Waals surface area (Å²) < 4.78 is 15.4. The molecule has 270 valence electrons. The number of ether oxygens (including phenoxy) is 1. The highest BCUT2D eigenvalue weighted by atomic mass is 16.5. The normalized spacial score (nSPS) is 13.1. The lowest BCUT2D eigenvalue weighted by atomic mass is 9.88. The highest BCUT2D eigenvalue weighted by Gasteiger charge is 2.30. The molecule has 9 aromatic rings. The Morgan fingerprint density at radius 1 is 0.600 bits per heavy atom. The van der Waals surface area contributed by atoms with Crippen LogP contribution in [0.4, 0.5) is 22.7 Å². The molecule has 0 saturated heterocycles. The van der Waals surface area contributed by atoms with Gasteiger partial charge in [-0.3, -0.25) is 4.57 Å². The quantitative estimate of drug-likeness (QED) is 0.177. The Kier molecular flexibility index (Phi) is 7.37. The number of hydrogen-bond donors (Lipinski definition) is 0. The molecule has 0 aliphatic carbocycles. The summed E-state index contributed by atoms with van der Waals surface area (Å²) in [6.07, 6.45) is 1.92. The van der Waals surface area contributed by atoms with Gasteiger partial charge in [0.1, 0.15) is 35.2 Å². The van der Waals surface area contributed by atoms with E-state index in [0.717, 1.165) is 66.7 Å². The molecular formula is C49H42N4O2. The van der Waals surface area contributed by atoms with Gasteiger partial charge in [-0.1, -0.05) is 74.9 Å². The Hall–Kier alpha value is -6.53. The van der Waals surface area contributed by atoms with Crippen molar-refractivity contribution >= 4 is 66.5 Å². The zero-order valence-electron chi connectivity index (χ0n) is 32.0. The Balaban J connectivity index is 1.07. The van der Waals surface area contributed by atoms with Crippen LogP contribution in [0.1, 0.15) is 43.0 Å². The van der Waals surface area contributed by atoms with Crippen molar-refractivity contribution in [2.45, 2.75) is 47.0 Å². The van der Waals surface area contributed by atoms with Crippen molar-refractivity contribution in [2.24, 2.45) is 0 Å². The smallest absolute Gasteiger partial charge is 0.137 e. The Morgan fingerprint density at radius 2 is 1.33 bits per heavy atom. The highest BCUT2D eigenvalue weighted by molar-refractivity contribution is 6.17. The maximum absolute atomic E-state index is 6.73. The van der Waals surface area contributed by atoms with Gasteiger partial charge >= 0.3 is 0 Å². The third-order valence-electron chi connectivity index (χ3n) is 11.1. The third-order valence-corrected chi connectivity index (χ3v) is 11.1. The number of aryl methyl sites for hydroxylation is 3. The van der Waals surface area contributed by atoms with Crippen molar-refractivity contribution in [1.82, 2.24) is 9.55 Å². The number of aromatic nitrogens is 2. The molecule has 0 saturated carbocycles. The maximum Gasteiger partial charge on any atom is 0.137 e. The molecule has 0 N–H and O–H groups in total. The molecule has 6 heteroatoms. The van der Waals surface area contributed by atoms with Gasteiger partial charge in [-0.15, -0.1) is 0 Å². The minimum absolute atomic E-state index is 0.0333. The first-order chi connectivity index (χ1) is 26.6. The standard InChI is InChI=1S/C49H42N4O2/c1-30-22-31(2)48(32(3)23-30)52-29-51(41-15-8-9-16-42(41)52)34-12-11-13-35(25-34)54-36-18-19-37-39-28-46-40(38-14-7-10-17-45(38)55-46)27-44(39)53(43(37)26-36)47-24-33(20-21-50-47)49(4,5)6/h7-28H,29H2,1-6H3. The Morgan fingerprint density at radius 3 is 2.13 bits per heavy atom. The number of para-hydroxylation sites is 3. The first-order valence-electron chi connectivity index (χ1n) is 19.0. The second kappa shape index (κ2) is 12.3. The summed E-state index contributed by atoms with van der Waals surface area (Å²) in [5, 5.41) is 4.40. The summed E-state index contributed by atoms with van der Waals surface area (Å²) in [5.74, 6) is 2.40. The van der Waals surface area contributed by atoms with Crippen LogP contribution in [0, 0.1) is 20.8 Å². The molecule has 0 radical (unpaired) electrons. The van der Waals surface area contributed by atoms with Gasteiger partial charge in [0, 0.05) is 51.2 Å². The molecule has 3 aromatic heterocycles. The molecule has 0 unspecified atom stereocenters. The van der Waals surface area contributed by atoms with Gasteiger partial charge in [-0.25, -0.2) is 4.98 Å². The molecule has 0 spiro atoms. The fourth-order valence-corrected chi connectivity index (χ4v) is 8.61. The average molecular weight is 719 g/mol. The predicted octanol–water partition coefficient (Wildman–Crippen LogP) is 13.3. The SMILES string of the molecule is Cc1cc(C)c(N2CN(c3cccc(Oc4ccc5c6cc7oc8ccccc8c7cc6n(-c6cc(C(C)(C)C)ccn6)c5c4)c3)c3ccccc32)c(C)c1. The fraction of sp³-hybridized carbons (Fsp3) is 0.163. The van der Waals surface area contributed by atoms with E-state index in [9.17, 15) is 0 Å². The molecule has 1 aliphatic rings. The van der Waals surface area contributed by atoms with Gasteiger partial charge in [-0.2, -0.15) is 0 Å². The van der Waals surface area contributed by atoms with Gasteiger partial charge in [0.2, 0.25) is 0 Å². The molecule has 0 bridgehead atoms. The summed E-state index contributed by atoms with van der Waals surface area (Å²) >= 11 is 0. The average Bonchev–Trinajstić information content (AvgIpc) is 3.83. The zero-order valence-corrected chi connectivity index (χ0v) is 32.0. The number of pyridine rings is 1. The molecular weight excluding hydrogens is 677 g/mol. The molecule has 0 amide bonds. The molecule has 6 nitrogen and oxygen atoms in total. The minimum Gasteiger partial charge on any atom is -0.457 e. The number of anilines is 4. The van der Waals surface area contributed by atoms with Gasteiger partial charge in [-0.05, 0) is 110 Å². The van der Waals surface area contributed by atoms with Crippen molar-refractivity contribution in [2.75, 3.05) is 16.5 Å². The fourth-order valence-electron chi connectivity index (χ4n) is 8.61. The van der Waals surface area contributed by atoms with Gasteiger partial charge in [0.05, 0.1) is 22.4 Å². The van der Waals surface area contributed by atoms with Crippen LogP contribution < -0.4 is 14.5 Å². The van der Waals surface area contributed by atoms with Crippen LogP contribution in [0.5, 0.6) is 11.5 Å². The van der Waals surface area contributed by atoms with E-state index in [2.05, 4.69) is 165 Å². The van der Waals surface area contributed by atoms with Crippen LogP contribution in [0.2, 0.25) is 0 Å². The van der Waals surface area contributed by atoms with Crippen LogP contribution in [0.25, 0.3) is 49.6 Å². The zero-order chi connectivity index (χ0) is 37.6. The first kappa shape index (κ1) is 33.1. The summed E-state index contributed by atoms with van der Waals surface area (Å²) in [6.45, 7) is 14.0. The van der Waals surface area contributed by atoms with Crippen molar-refractivity contribution in [1.29, 1.82) is 0 Å². The second-order valence-corrected chi connectivity index (χ2v) is 16.0. The number of hydrogen-bond acceptors (Lipinski definition) is 5. The summed E-state index contributed by atoms with van der Waals surface area (Å²) in [5.41, 5.74) is 13.6. The van der Waals surface area contributed by atoms with E-state index in [-0.39, 0.29) is 5.41 Å². The van der Waals surface area contributed by atoms with E-state index in [1.165, 1.54) is 39.3 Å². The second-order valence-electron chi connectivity index (χ2n) is 16.0. The number of nitrogens with zero attached hydrogens (tertiary/aromatic N) is 4. The summed E-state index contributed by atoms with van der Waals surface area (Å²) in [6, 6.07) is 45.0. The van der Waals surface area contributed by atoms with Crippen molar-refractivity contribution < 1.29 is 9.15 Å². The molecule has 4 heterocycles. The Bertz CT molecular complexity index is 2960. The molecule has 1 aliphatic heterocycles. The van der Waals surface area contributed by atoms with Crippen LogP contribution in [-0.4, -0.2) is 16.2 Å². The van der Waals surface area contributed by atoms with Gasteiger partial charge in [0.15, 0.2) is 0 Å². The number of benzene rings is 6. The van der Waals surface area contributed by atoms with E-state index < -0.39 is 0 Å². The lowest BCUT2D eigenvalue weighted by molar-refractivity contribution is 0.483. The van der Waals surface area contributed by atoms with E-state index in [1.54, 1.807) is 0 Å². The largest absolute Gasteiger partial charge is 0.457 e. The summed E-state index contributed by atoms with van der Waals surface area (Å²) in [7, 11) is 0. The van der Waals surface area contributed by atoms with Crippen LogP contribution in [0.15, 0.2) is 138 Å². The van der Waals surface area contributed by atoms with Crippen molar-refractivity contribution in [3.63, 3.8) is 0 Å². The van der Waals surface area contributed by atoms with E-state index in [4.69, 9.17) is 14.1 Å². The predicted molar refractivity (Wildman–Crippen MR) is 227 cm³/mol. The lowest BCUT2D eigenvalue weighted by Gasteiger charge is -2.25. The number of rotatable bonds is 5. The lowest BCUT2D eigenvalue weighted by Crippen LogP contribution is -2.25. The van der Waals surface area contributed by atoms with Gasteiger partial charge < -0.3 is 19.0 Å². The summed E-state index contributed by atoms with van der Waals surface area (Å²) in [4.78, 5) is 9.75. The highest BCUT2D eigenvalue weighted by Crippen LogP contribution is 2.47. The molecule has 0 atom stereocenters. The number of fused-ring (bicyclic) bond motifs is 7. The van der Waals surface area contributed by atoms with Gasteiger partial charge in [0.25, 0.3) is 0 Å². The van der Waals surface area contributed by atoms with Crippen molar-refractivity contribution in [3.05, 3.63) is 156 Å². The number of furan rings is 1. The van der Waals surface area contributed by atoms with E-state index >= 15 is 0 Å². The van der Waals surface area contributed by atoms with E-state index in [0.29, 0.717) is 6.67 Å². The van der Waals surface area contributed by atoms with Crippen LogP contribution in [0.3, 0.4) is 0 Å². The monoisotopic (exact) mass is 718 g/mol. The molecule has 0 fully saturated rings.